The predicted octanol–water partition coefficient (Wildman–Crippen LogP) is 4.57. The molecule has 0 amide bonds. The van der Waals surface area contributed by atoms with Crippen LogP contribution in [0.15, 0.2) is 23.1 Å². The lowest BCUT2D eigenvalue weighted by Gasteiger charge is -2.04. The fourth-order valence-corrected chi connectivity index (χ4v) is 2.80. The maximum atomic E-state index is 12.1. The molecule has 0 aliphatic rings. The lowest BCUT2D eigenvalue weighted by Crippen LogP contribution is -1.98. The van der Waals surface area contributed by atoms with Gasteiger partial charge in [0.05, 0.1) is 10.2 Å². The molecule has 0 saturated carbocycles. The van der Waals surface area contributed by atoms with Crippen molar-refractivity contribution in [2.24, 2.45) is 0 Å². The van der Waals surface area contributed by atoms with Crippen LogP contribution in [0.2, 0.25) is 0 Å². The molecule has 15 heavy (non-hydrogen) atoms. The summed E-state index contributed by atoms with van der Waals surface area (Å²) in [4.78, 5) is 3.00. The third-order valence-electron chi connectivity index (χ3n) is 1.62. The van der Waals surface area contributed by atoms with E-state index in [4.69, 9.17) is 12.2 Å². The zero-order valence-electron chi connectivity index (χ0n) is 7.09. The van der Waals surface area contributed by atoms with E-state index in [1.807, 2.05) is 0 Å². The third kappa shape index (κ3) is 2.73. The average Bonchev–Trinajstić information content (AvgIpc) is 2.40. The summed E-state index contributed by atoms with van der Waals surface area (Å²) in [6.07, 6.45) is 0. The van der Waals surface area contributed by atoms with Gasteiger partial charge in [-0.15, -0.1) is 11.3 Å². The predicted molar refractivity (Wildman–Crippen MR) is 58.9 cm³/mol. The highest BCUT2D eigenvalue weighted by molar-refractivity contribution is 8.00. The van der Waals surface area contributed by atoms with E-state index in [9.17, 15) is 13.2 Å². The zero-order chi connectivity index (χ0) is 11.1. The number of nitrogens with one attached hydrogen (secondary N) is 1. The van der Waals surface area contributed by atoms with Crippen LogP contribution >= 0.6 is 35.3 Å². The highest BCUT2D eigenvalue weighted by Crippen LogP contribution is 2.38. The van der Waals surface area contributed by atoms with Gasteiger partial charge in [-0.05, 0) is 42.2 Å². The Morgan fingerprint density at radius 2 is 2.07 bits per heavy atom. The van der Waals surface area contributed by atoms with Gasteiger partial charge >= 0.3 is 5.51 Å². The van der Waals surface area contributed by atoms with Crippen molar-refractivity contribution in [3.05, 3.63) is 22.2 Å². The smallest absolute Gasteiger partial charge is 0.337 e. The molecule has 0 unspecified atom stereocenters. The third-order valence-corrected chi connectivity index (χ3v) is 3.56. The van der Waals surface area contributed by atoms with Gasteiger partial charge in [-0.2, -0.15) is 13.2 Å². The molecule has 2 aromatic rings. The Balaban J connectivity index is 2.42. The van der Waals surface area contributed by atoms with Gasteiger partial charge in [-0.25, -0.2) is 0 Å². The molecule has 7 heteroatoms. The molecular weight excluding hydrogens is 263 g/mol. The van der Waals surface area contributed by atoms with Gasteiger partial charge in [0.25, 0.3) is 0 Å². The maximum Gasteiger partial charge on any atom is 0.446 e. The van der Waals surface area contributed by atoms with Crippen molar-refractivity contribution < 1.29 is 13.2 Å². The van der Waals surface area contributed by atoms with E-state index in [0.717, 1.165) is 4.70 Å². The second kappa shape index (κ2) is 3.80. The topological polar surface area (TPSA) is 15.8 Å². The van der Waals surface area contributed by atoms with E-state index < -0.39 is 5.51 Å². The number of thiazole rings is 1. The summed E-state index contributed by atoms with van der Waals surface area (Å²) in [6, 6.07) is 4.54. The lowest BCUT2D eigenvalue weighted by molar-refractivity contribution is -0.0328. The van der Waals surface area contributed by atoms with E-state index >= 15 is 0 Å². The summed E-state index contributed by atoms with van der Waals surface area (Å²) in [5.74, 6) is 0. The number of hydrogen-bond acceptors (Lipinski definition) is 3. The molecule has 1 nitrogen and oxygen atoms in total. The molecule has 1 N–H and O–H groups in total. The largest absolute Gasteiger partial charge is 0.446 e. The SMILES string of the molecule is FC(F)(F)Sc1ccc2sc(=S)[nH]c2c1. The first-order chi connectivity index (χ1) is 6.94. The van der Waals surface area contributed by atoms with Crippen LogP contribution in [0.25, 0.3) is 10.2 Å². The highest BCUT2D eigenvalue weighted by Gasteiger charge is 2.29. The first-order valence-corrected chi connectivity index (χ1v) is 5.87. The van der Waals surface area contributed by atoms with Crippen molar-refractivity contribution in [2.45, 2.75) is 10.4 Å². The molecule has 0 atom stereocenters. The van der Waals surface area contributed by atoms with E-state index in [-0.39, 0.29) is 16.7 Å². The molecule has 0 fully saturated rings. The fourth-order valence-electron chi connectivity index (χ4n) is 1.13. The molecule has 1 aromatic carbocycles. The number of rotatable bonds is 1. The number of hydrogen-bond donors (Lipinski definition) is 1. The van der Waals surface area contributed by atoms with Gasteiger partial charge in [0.1, 0.15) is 0 Å². The number of benzene rings is 1. The molecule has 0 aliphatic heterocycles. The van der Waals surface area contributed by atoms with E-state index in [1.165, 1.54) is 23.5 Å². The Labute approximate surface area is 96.3 Å². The zero-order valence-corrected chi connectivity index (χ0v) is 9.54. The van der Waals surface area contributed by atoms with Gasteiger partial charge in [0, 0.05) is 4.90 Å². The summed E-state index contributed by atoms with van der Waals surface area (Å²) in [5.41, 5.74) is -3.60. The molecule has 0 spiro atoms. The summed E-state index contributed by atoms with van der Waals surface area (Å²) in [6.45, 7) is 0. The molecule has 0 aliphatic carbocycles. The van der Waals surface area contributed by atoms with Crippen molar-refractivity contribution in [3.8, 4) is 0 Å². The first kappa shape index (κ1) is 11.0. The minimum atomic E-state index is -4.25. The van der Waals surface area contributed by atoms with Crippen LogP contribution in [-0.2, 0) is 0 Å². The van der Waals surface area contributed by atoms with Crippen molar-refractivity contribution in [2.75, 3.05) is 0 Å². The number of H-pyrrole nitrogens is 1. The molecule has 1 heterocycles. The van der Waals surface area contributed by atoms with E-state index in [1.54, 1.807) is 6.07 Å². The minimum Gasteiger partial charge on any atom is -0.337 e. The van der Waals surface area contributed by atoms with Crippen molar-refractivity contribution in [1.29, 1.82) is 0 Å². The molecule has 1 aromatic heterocycles. The second-order valence-corrected chi connectivity index (χ2v) is 5.58. The molecule has 0 radical (unpaired) electrons. The quantitative estimate of drug-likeness (QED) is 0.601. The Morgan fingerprint density at radius 3 is 2.73 bits per heavy atom. The normalized spacial score (nSPS) is 12.2. The monoisotopic (exact) mass is 267 g/mol. The van der Waals surface area contributed by atoms with Crippen molar-refractivity contribution in [1.82, 2.24) is 4.98 Å². The van der Waals surface area contributed by atoms with Gasteiger partial charge in [0.2, 0.25) is 0 Å². The van der Waals surface area contributed by atoms with Crippen LogP contribution in [0.1, 0.15) is 0 Å². The van der Waals surface area contributed by atoms with Gasteiger partial charge < -0.3 is 4.98 Å². The van der Waals surface area contributed by atoms with Crippen LogP contribution in [0.3, 0.4) is 0 Å². The average molecular weight is 267 g/mol. The second-order valence-electron chi connectivity index (χ2n) is 2.72. The van der Waals surface area contributed by atoms with Crippen LogP contribution in [0, 0.1) is 3.95 Å². The molecule has 80 valence electrons. The standard InChI is InChI=1S/C8H4F3NS3/c9-8(10,11)15-4-1-2-6-5(3-4)12-7(13)14-6/h1-3H,(H,12,13). The summed E-state index contributed by atoms with van der Waals surface area (Å²) in [7, 11) is 0. The minimum absolute atomic E-state index is 0.125. The Morgan fingerprint density at radius 1 is 1.33 bits per heavy atom. The molecule has 0 bridgehead atoms. The Hall–Kier alpha value is -0.530. The molecular formula is C8H4F3NS3. The van der Waals surface area contributed by atoms with Crippen molar-refractivity contribution >= 4 is 45.5 Å². The number of alkyl halides is 3. The lowest BCUT2D eigenvalue weighted by atomic mass is 10.3. The summed E-state index contributed by atoms with van der Waals surface area (Å²) in [5, 5.41) is 0. The Bertz CT molecular complexity index is 540. The number of aromatic nitrogens is 1. The van der Waals surface area contributed by atoms with E-state index in [2.05, 4.69) is 4.98 Å². The fraction of sp³-hybridized carbons (Fsp3) is 0.125. The van der Waals surface area contributed by atoms with Gasteiger partial charge in [-0.3, -0.25) is 0 Å². The summed E-state index contributed by atoms with van der Waals surface area (Å²) >= 11 is 6.12. The number of fused-ring (bicyclic) bond motifs is 1. The van der Waals surface area contributed by atoms with Crippen molar-refractivity contribution in [3.63, 3.8) is 0 Å². The summed E-state index contributed by atoms with van der Waals surface area (Å²) < 4.78 is 37.7. The van der Waals surface area contributed by atoms with E-state index in [0.29, 0.717) is 9.47 Å². The van der Waals surface area contributed by atoms with Crippen LogP contribution in [0.5, 0.6) is 0 Å². The number of thioether (sulfide) groups is 1. The maximum absolute atomic E-state index is 12.1. The van der Waals surface area contributed by atoms with Crippen LogP contribution in [-0.4, -0.2) is 10.5 Å². The van der Waals surface area contributed by atoms with Crippen LogP contribution < -0.4 is 0 Å². The molecule has 0 saturated heterocycles. The van der Waals surface area contributed by atoms with Gasteiger partial charge in [0.15, 0.2) is 3.95 Å². The highest BCUT2D eigenvalue weighted by atomic mass is 32.2. The number of aromatic amines is 1. The first-order valence-electron chi connectivity index (χ1n) is 3.83. The van der Waals surface area contributed by atoms with Gasteiger partial charge in [-0.1, -0.05) is 0 Å². The molecule has 2 rings (SSSR count). The van der Waals surface area contributed by atoms with Crippen LogP contribution in [0.4, 0.5) is 13.2 Å². The Kier molecular flexibility index (Phi) is 2.78. The number of halogens is 3.